The van der Waals surface area contributed by atoms with Crippen molar-refractivity contribution in [2.45, 2.75) is 39.3 Å². The van der Waals surface area contributed by atoms with Crippen molar-refractivity contribution in [3.63, 3.8) is 0 Å². The molecule has 0 saturated heterocycles. The fourth-order valence-electron chi connectivity index (χ4n) is 3.47. The maximum Gasteiger partial charge on any atom is 0.126 e. The van der Waals surface area contributed by atoms with E-state index in [0.29, 0.717) is 13.2 Å². The summed E-state index contributed by atoms with van der Waals surface area (Å²) in [5.74, 6) is 1.11. The average Bonchev–Trinajstić information content (AvgIpc) is 3.25. The number of hydrogen-bond acceptors (Lipinski definition) is 5. The van der Waals surface area contributed by atoms with E-state index in [0.717, 1.165) is 36.8 Å². The highest BCUT2D eigenvalue weighted by Crippen LogP contribution is 2.27. The van der Waals surface area contributed by atoms with Crippen LogP contribution in [0.2, 0.25) is 0 Å². The van der Waals surface area contributed by atoms with E-state index in [1.807, 2.05) is 42.3 Å². The largest absolute Gasteiger partial charge is 0.369 e. The second-order valence-corrected chi connectivity index (χ2v) is 6.74. The van der Waals surface area contributed by atoms with Gasteiger partial charge in [-0.05, 0) is 19.1 Å². The third-order valence-electron chi connectivity index (χ3n) is 4.87. The van der Waals surface area contributed by atoms with E-state index in [1.54, 1.807) is 6.20 Å². The summed E-state index contributed by atoms with van der Waals surface area (Å²) in [6, 6.07) is 6.14. The molecule has 0 spiro atoms. The summed E-state index contributed by atoms with van der Waals surface area (Å²) in [4.78, 5) is 11.4. The lowest BCUT2D eigenvalue weighted by Crippen LogP contribution is -2.37. The molecule has 3 aromatic heterocycles. The van der Waals surface area contributed by atoms with Gasteiger partial charge in [-0.25, -0.2) is 4.98 Å². The van der Waals surface area contributed by atoms with Crippen molar-refractivity contribution in [3.8, 4) is 0 Å². The topological polar surface area (TPSA) is 61.0 Å². The third-order valence-corrected chi connectivity index (χ3v) is 4.87. The number of rotatable bonds is 6. The van der Waals surface area contributed by atoms with Gasteiger partial charge < -0.3 is 9.30 Å². The SMILES string of the molecule is C[C@@H]1c2ncc(COCc3ccccn3)n2CCN1Cc1cnn(C)c1. The van der Waals surface area contributed by atoms with Gasteiger partial charge in [0.05, 0.1) is 43.0 Å². The Labute approximate surface area is 153 Å². The molecule has 7 heteroatoms. The normalized spacial score (nSPS) is 17.4. The average molecular weight is 352 g/mol. The van der Waals surface area contributed by atoms with Crippen LogP contribution in [0.4, 0.5) is 0 Å². The highest BCUT2D eigenvalue weighted by atomic mass is 16.5. The Morgan fingerprint density at radius 1 is 1.15 bits per heavy atom. The predicted octanol–water partition coefficient (Wildman–Crippen LogP) is 2.31. The third kappa shape index (κ3) is 3.54. The minimum Gasteiger partial charge on any atom is -0.369 e. The summed E-state index contributed by atoms with van der Waals surface area (Å²) in [7, 11) is 1.95. The van der Waals surface area contributed by atoms with E-state index in [1.165, 1.54) is 5.56 Å². The van der Waals surface area contributed by atoms with Gasteiger partial charge in [0.15, 0.2) is 0 Å². The van der Waals surface area contributed by atoms with E-state index in [9.17, 15) is 0 Å². The molecule has 0 amide bonds. The highest BCUT2D eigenvalue weighted by molar-refractivity contribution is 5.12. The molecular formula is C19H24N6O. The van der Waals surface area contributed by atoms with Crippen LogP contribution in [0.5, 0.6) is 0 Å². The maximum atomic E-state index is 5.84. The Balaban J connectivity index is 1.39. The Morgan fingerprint density at radius 2 is 2.08 bits per heavy atom. The zero-order valence-corrected chi connectivity index (χ0v) is 15.2. The van der Waals surface area contributed by atoms with Crippen LogP contribution in [0.1, 0.15) is 35.7 Å². The van der Waals surface area contributed by atoms with Crippen LogP contribution in [-0.2, 0) is 38.1 Å². The highest BCUT2D eigenvalue weighted by Gasteiger charge is 2.27. The molecule has 0 N–H and O–H groups in total. The molecule has 1 aliphatic rings. The number of fused-ring (bicyclic) bond motifs is 1. The Morgan fingerprint density at radius 3 is 2.85 bits per heavy atom. The van der Waals surface area contributed by atoms with Gasteiger partial charge in [0.25, 0.3) is 0 Å². The molecule has 26 heavy (non-hydrogen) atoms. The van der Waals surface area contributed by atoms with Gasteiger partial charge in [0.1, 0.15) is 5.82 Å². The standard InChI is InChI=1S/C19H24N6O/c1-15-19-21-10-18(14-26-13-17-5-3-4-6-20-17)25(19)8-7-24(15)12-16-9-22-23(2)11-16/h3-6,9-11,15H,7-8,12-14H2,1-2H3/t15-/m1/s1. The number of ether oxygens (including phenoxy) is 1. The lowest BCUT2D eigenvalue weighted by molar-refractivity contribution is 0.0948. The Bertz CT molecular complexity index is 856. The number of imidazole rings is 1. The maximum absolute atomic E-state index is 5.84. The number of pyridine rings is 1. The molecule has 3 aromatic rings. The van der Waals surface area contributed by atoms with Gasteiger partial charge in [-0.3, -0.25) is 14.6 Å². The van der Waals surface area contributed by atoms with Crippen LogP contribution in [0.15, 0.2) is 43.0 Å². The lowest BCUT2D eigenvalue weighted by Gasteiger charge is -2.34. The summed E-state index contributed by atoms with van der Waals surface area (Å²) in [6.45, 7) is 6.11. The molecule has 7 nitrogen and oxygen atoms in total. The number of aryl methyl sites for hydroxylation is 1. The van der Waals surface area contributed by atoms with Gasteiger partial charge >= 0.3 is 0 Å². The molecule has 0 aromatic carbocycles. The molecule has 0 saturated carbocycles. The van der Waals surface area contributed by atoms with Crippen molar-refractivity contribution in [1.29, 1.82) is 0 Å². The Hall–Kier alpha value is -2.51. The molecule has 4 rings (SSSR count). The Kier molecular flexibility index (Phi) is 4.81. The van der Waals surface area contributed by atoms with E-state index in [-0.39, 0.29) is 6.04 Å². The minimum absolute atomic E-state index is 0.272. The first-order valence-corrected chi connectivity index (χ1v) is 8.94. The van der Waals surface area contributed by atoms with Crippen LogP contribution in [0.3, 0.4) is 0 Å². The van der Waals surface area contributed by atoms with Gasteiger partial charge in [-0.2, -0.15) is 5.10 Å². The van der Waals surface area contributed by atoms with Crippen LogP contribution < -0.4 is 0 Å². The number of aromatic nitrogens is 5. The van der Waals surface area contributed by atoms with Crippen LogP contribution in [-0.4, -0.2) is 35.8 Å². The van der Waals surface area contributed by atoms with Gasteiger partial charge in [-0.1, -0.05) is 6.07 Å². The first kappa shape index (κ1) is 16.9. The summed E-state index contributed by atoms with van der Waals surface area (Å²) >= 11 is 0. The smallest absolute Gasteiger partial charge is 0.126 e. The van der Waals surface area contributed by atoms with E-state index in [4.69, 9.17) is 4.74 Å². The van der Waals surface area contributed by atoms with Crippen molar-refractivity contribution < 1.29 is 4.74 Å². The molecule has 0 bridgehead atoms. The minimum atomic E-state index is 0.272. The molecule has 0 unspecified atom stereocenters. The number of nitrogens with zero attached hydrogens (tertiary/aromatic N) is 6. The van der Waals surface area contributed by atoms with Crippen LogP contribution in [0.25, 0.3) is 0 Å². The van der Waals surface area contributed by atoms with Crippen molar-refractivity contribution in [2.75, 3.05) is 6.54 Å². The van der Waals surface area contributed by atoms with Gasteiger partial charge in [0, 0.05) is 44.6 Å². The second-order valence-electron chi connectivity index (χ2n) is 6.74. The molecule has 4 heterocycles. The first-order valence-electron chi connectivity index (χ1n) is 8.94. The zero-order valence-electron chi connectivity index (χ0n) is 15.2. The monoisotopic (exact) mass is 352 g/mol. The summed E-state index contributed by atoms with van der Waals surface area (Å²) in [5.41, 5.74) is 3.31. The summed E-state index contributed by atoms with van der Waals surface area (Å²) in [6.07, 6.45) is 7.74. The van der Waals surface area contributed by atoms with E-state index in [2.05, 4.69) is 37.7 Å². The van der Waals surface area contributed by atoms with Crippen molar-refractivity contribution in [1.82, 2.24) is 29.2 Å². The lowest BCUT2D eigenvalue weighted by atomic mass is 10.2. The molecular weight excluding hydrogens is 328 g/mol. The summed E-state index contributed by atoms with van der Waals surface area (Å²) in [5, 5.41) is 4.26. The quantitative estimate of drug-likeness (QED) is 0.681. The molecule has 1 atom stereocenters. The fraction of sp³-hybridized carbons (Fsp3) is 0.421. The van der Waals surface area contributed by atoms with Crippen molar-refractivity contribution >= 4 is 0 Å². The number of hydrogen-bond donors (Lipinski definition) is 0. The van der Waals surface area contributed by atoms with Crippen molar-refractivity contribution in [3.05, 3.63) is 65.8 Å². The molecule has 136 valence electrons. The molecule has 0 fully saturated rings. The predicted molar refractivity (Wildman–Crippen MR) is 97.0 cm³/mol. The zero-order chi connectivity index (χ0) is 17.9. The van der Waals surface area contributed by atoms with Crippen molar-refractivity contribution in [2.24, 2.45) is 7.05 Å². The fourth-order valence-corrected chi connectivity index (χ4v) is 3.47. The first-order chi connectivity index (χ1) is 12.7. The second kappa shape index (κ2) is 7.39. The van der Waals surface area contributed by atoms with Gasteiger partial charge in [-0.15, -0.1) is 0 Å². The van der Waals surface area contributed by atoms with E-state index >= 15 is 0 Å². The molecule has 1 aliphatic heterocycles. The van der Waals surface area contributed by atoms with Crippen LogP contribution in [0, 0.1) is 0 Å². The summed E-state index contributed by atoms with van der Waals surface area (Å²) < 4.78 is 9.99. The van der Waals surface area contributed by atoms with Crippen LogP contribution >= 0.6 is 0 Å². The van der Waals surface area contributed by atoms with Gasteiger partial charge in [0.2, 0.25) is 0 Å². The molecule has 0 aliphatic carbocycles. The van der Waals surface area contributed by atoms with E-state index < -0.39 is 0 Å². The molecule has 0 radical (unpaired) electrons.